The second-order valence-electron chi connectivity index (χ2n) is 6.47. The molecule has 0 bridgehead atoms. The number of benzene rings is 2. The van der Waals surface area contributed by atoms with Crippen molar-refractivity contribution in [2.45, 2.75) is 18.4 Å². The average molecular weight is 328 g/mol. The van der Waals surface area contributed by atoms with Crippen LogP contribution in [0.25, 0.3) is 0 Å². The first-order valence-electron chi connectivity index (χ1n) is 8.64. The molecule has 0 spiro atoms. The Hall–Kier alpha value is -2.94. The molecule has 0 unspecified atom stereocenters. The van der Waals surface area contributed by atoms with Gasteiger partial charge in [0.25, 0.3) is 0 Å². The number of hydrogen-bond acceptors (Lipinski definition) is 2. The fraction of sp³-hybridized carbons (Fsp3) is 0.182. The number of pyridine rings is 1. The van der Waals surface area contributed by atoms with Gasteiger partial charge in [-0.1, -0.05) is 66.7 Å². The highest BCUT2D eigenvalue weighted by Gasteiger charge is 2.44. The van der Waals surface area contributed by atoms with Crippen molar-refractivity contribution in [2.24, 2.45) is 5.92 Å². The SMILES string of the molecule is O=C(N[C@H](c1ccccc1)c1ccccn1)[C@H]1C[C@@H]1c1ccccc1. The topological polar surface area (TPSA) is 42.0 Å². The van der Waals surface area contributed by atoms with Gasteiger partial charge in [-0.3, -0.25) is 9.78 Å². The molecule has 1 fully saturated rings. The maximum absolute atomic E-state index is 12.8. The van der Waals surface area contributed by atoms with Gasteiger partial charge < -0.3 is 5.32 Å². The number of rotatable bonds is 5. The lowest BCUT2D eigenvalue weighted by molar-refractivity contribution is -0.122. The van der Waals surface area contributed by atoms with Gasteiger partial charge >= 0.3 is 0 Å². The Morgan fingerprint density at radius 3 is 2.28 bits per heavy atom. The Bertz CT molecular complexity index is 794. The quantitative estimate of drug-likeness (QED) is 0.766. The van der Waals surface area contributed by atoms with Gasteiger partial charge in [0.1, 0.15) is 0 Å². The van der Waals surface area contributed by atoms with E-state index in [1.807, 2.05) is 66.7 Å². The normalized spacial score (nSPS) is 19.8. The summed E-state index contributed by atoms with van der Waals surface area (Å²) in [6.07, 6.45) is 2.68. The second kappa shape index (κ2) is 6.89. The zero-order valence-corrected chi connectivity index (χ0v) is 13.9. The number of nitrogens with one attached hydrogen (secondary N) is 1. The van der Waals surface area contributed by atoms with Gasteiger partial charge in [-0.25, -0.2) is 0 Å². The second-order valence-corrected chi connectivity index (χ2v) is 6.47. The van der Waals surface area contributed by atoms with Gasteiger partial charge in [0.15, 0.2) is 0 Å². The maximum Gasteiger partial charge on any atom is 0.224 e. The number of aromatic nitrogens is 1. The largest absolute Gasteiger partial charge is 0.343 e. The summed E-state index contributed by atoms with van der Waals surface area (Å²) in [6.45, 7) is 0. The summed E-state index contributed by atoms with van der Waals surface area (Å²) in [5.74, 6) is 0.493. The van der Waals surface area contributed by atoms with Crippen molar-refractivity contribution in [1.29, 1.82) is 0 Å². The Morgan fingerprint density at radius 1 is 0.920 bits per heavy atom. The van der Waals surface area contributed by atoms with Crippen LogP contribution in [-0.2, 0) is 4.79 Å². The third-order valence-corrected chi connectivity index (χ3v) is 4.76. The van der Waals surface area contributed by atoms with E-state index in [0.717, 1.165) is 17.7 Å². The van der Waals surface area contributed by atoms with Gasteiger partial charge in [-0.05, 0) is 35.6 Å². The van der Waals surface area contributed by atoms with Crippen LogP contribution in [0.1, 0.15) is 35.2 Å². The lowest BCUT2D eigenvalue weighted by atomic mass is 10.0. The molecular formula is C22H20N2O. The van der Waals surface area contributed by atoms with E-state index >= 15 is 0 Å². The van der Waals surface area contributed by atoms with E-state index in [2.05, 4.69) is 22.4 Å². The minimum absolute atomic E-state index is 0.0531. The van der Waals surface area contributed by atoms with Crippen molar-refractivity contribution < 1.29 is 4.79 Å². The van der Waals surface area contributed by atoms with Crippen LogP contribution in [0.4, 0.5) is 0 Å². The molecule has 1 saturated carbocycles. The summed E-state index contributed by atoms with van der Waals surface area (Å²) in [6, 6.07) is 25.9. The number of nitrogens with zero attached hydrogens (tertiary/aromatic N) is 1. The van der Waals surface area contributed by atoms with Crippen LogP contribution in [0.3, 0.4) is 0 Å². The first-order valence-corrected chi connectivity index (χ1v) is 8.64. The minimum atomic E-state index is -0.216. The molecule has 1 amide bonds. The fourth-order valence-electron chi connectivity index (χ4n) is 3.32. The van der Waals surface area contributed by atoms with Gasteiger partial charge in [-0.2, -0.15) is 0 Å². The predicted octanol–water partition coefficient (Wildman–Crippen LogP) is 4.09. The number of carbonyl (C=O) groups is 1. The third kappa shape index (κ3) is 3.45. The summed E-state index contributed by atoms with van der Waals surface area (Å²) in [4.78, 5) is 17.3. The van der Waals surface area contributed by atoms with E-state index in [4.69, 9.17) is 0 Å². The van der Waals surface area contributed by atoms with Crippen molar-refractivity contribution in [1.82, 2.24) is 10.3 Å². The zero-order valence-electron chi connectivity index (χ0n) is 13.9. The number of hydrogen-bond donors (Lipinski definition) is 1. The van der Waals surface area contributed by atoms with Crippen molar-refractivity contribution >= 4 is 5.91 Å². The Balaban J connectivity index is 1.53. The molecule has 4 rings (SSSR count). The molecule has 3 aromatic rings. The summed E-state index contributed by atoms with van der Waals surface area (Å²) in [5.41, 5.74) is 3.15. The summed E-state index contributed by atoms with van der Waals surface area (Å²) in [5, 5.41) is 3.21. The first-order chi connectivity index (χ1) is 12.3. The molecule has 3 nitrogen and oxygen atoms in total. The van der Waals surface area contributed by atoms with Crippen LogP contribution >= 0.6 is 0 Å². The van der Waals surface area contributed by atoms with Crippen LogP contribution in [0.15, 0.2) is 85.1 Å². The van der Waals surface area contributed by atoms with E-state index in [1.165, 1.54) is 5.56 Å². The van der Waals surface area contributed by atoms with Crippen LogP contribution in [-0.4, -0.2) is 10.9 Å². The minimum Gasteiger partial charge on any atom is -0.343 e. The molecule has 3 heteroatoms. The van der Waals surface area contributed by atoms with Crippen molar-refractivity contribution in [3.05, 3.63) is 102 Å². The molecule has 2 aromatic carbocycles. The molecule has 124 valence electrons. The molecule has 1 aromatic heterocycles. The Morgan fingerprint density at radius 2 is 1.60 bits per heavy atom. The maximum atomic E-state index is 12.8. The molecule has 1 aliphatic rings. The standard InChI is InChI=1S/C22H20N2O/c25-22(19-15-18(19)16-9-3-1-4-10-16)24-21(17-11-5-2-6-12-17)20-13-7-8-14-23-20/h1-14,18-19,21H,15H2,(H,24,25)/t18-,19+,21-/m1/s1. The van der Waals surface area contributed by atoms with E-state index in [1.54, 1.807) is 6.20 Å². The molecule has 0 aliphatic heterocycles. The Kier molecular flexibility index (Phi) is 4.30. The number of amides is 1. The lowest BCUT2D eigenvalue weighted by Crippen LogP contribution is -2.31. The molecule has 1 N–H and O–H groups in total. The van der Waals surface area contributed by atoms with Gasteiger partial charge in [-0.15, -0.1) is 0 Å². The van der Waals surface area contributed by atoms with Crippen LogP contribution in [0.2, 0.25) is 0 Å². The van der Waals surface area contributed by atoms with Crippen LogP contribution < -0.4 is 5.32 Å². The van der Waals surface area contributed by atoms with Crippen molar-refractivity contribution in [3.63, 3.8) is 0 Å². The van der Waals surface area contributed by atoms with E-state index in [0.29, 0.717) is 5.92 Å². The number of carbonyl (C=O) groups excluding carboxylic acids is 1. The predicted molar refractivity (Wildman–Crippen MR) is 98.0 cm³/mol. The highest BCUT2D eigenvalue weighted by atomic mass is 16.2. The van der Waals surface area contributed by atoms with Gasteiger partial charge in [0.05, 0.1) is 11.7 Å². The fourth-order valence-corrected chi connectivity index (χ4v) is 3.32. The summed E-state index contributed by atoms with van der Waals surface area (Å²) >= 11 is 0. The summed E-state index contributed by atoms with van der Waals surface area (Å²) < 4.78 is 0. The van der Waals surface area contributed by atoms with Crippen molar-refractivity contribution in [3.8, 4) is 0 Å². The molecule has 25 heavy (non-hydrogen) atoms. The van der Waals surface area contributed by atoms with Crippen molar-refractivity contribution in [2.75, 3.05) is 0 Å². The smallest absolute Gasteiger partial charge is 0.224 e. The zero-order chi connectivity index (χ0) is 17.1. The first kappa shape index (κ1) is 15.6. The monoisotopic (exact) mass is 328 g/mol. The van der Waals surface area contributed by atoms with Crippen LogP contribution in [0.5, 0.6) is 0 Å². The third-order valence-electron chi connectivity index (χ3n) is 4.76. The molecular weight excluding hydrogens is 308 g/mol. The molecule has 0 saturated heterocycles. The van der Waals surface area contributed by atoms with E-state index < -0.39 is 0 Å². The van der Waals surface area contributed by atoms with E-state index in [9.17, 15) is 4.79 Å². The molecule has 1 heterocycles. The highest BCUT2D eigenvalue weighted by molar-refractivity contribution is 5.83. The average Bonchev–Trinajstić information content (AvgIpc) is 3.49. The molecule has 3 atom stereocenters. The summed E-state index contributed by atoms with van der Waals surface area (Å²) in [7, 11) is 0. The van der Waals surface area contributed by atoms with Gasteiger partial charge in [0, 0.05) is 12.1 Å². The highest BCUT2D eigenvalue weighted by Crippen LogP contribution is 2.47. The van der Waals surface area contributed by atoms with Crippen LogP contribution in [0, 0.1) is 5.92 Å². The molecule has 1 aliphatic carbocycles. The lowest BCUT2D eigenvalue weighted by Gasteiger charge is -2.19. The molecule has 0 radical (unpaired) electrons. The van der Waals surface area contributed by atoms with E-state index in [-0.39, 0.29) is 17.9 Å². The Labute approximate surface area is 147 Å². The van der Waals surface area contributed by atoms with Gasteiger partial charge in [0.2, 0.25) is 5.91 Å².